The zero-order chi connectivity index (χ0) is 21.3. The second-order valence-corrected chi connectivity index (χ2v) is 7.49. The number of carbonyl (C=O) groups is 1. The number of hydrogen-bond donors (Lipinski definition) is 1. The van der Waals surface area contributed by atoms with Gasteiger partial charge in [-0.3, -0.25) is 14.9 Å². The number of para-hydroxylation sites is 1. The van der Waals surface area contributed by atoms with Gasteiger partial charge in [-0.25, -0.2) is 9.38 Å². The molecule has 0 saturated carbocycles. The average molecular weight is 444 g/mol. The van der Waals surface area contributed by atoms with Crippen LogP contribution in [0.25, 0.3) is 17.4 Å². The molecule has 10 heteroatoms. The van der Waals surface area contributed by atoms with Crippen LogP contribution in [0.15, 0.2) is 68.9 Å². The van der Waals surface area contributed by atoms with Gasteiger partial charge in [-0.15, -0.1) is 0 Å². The van der Waals surface area contributed by atoms with Crippen LogP contribution in [-0.2, 0) is 4.79 Å². The van der Waals surface area contributed by atoms with Crippen LogP contribution in [0.1, 0.15) is 5.76 Å². The van der Waals surface area contributed by atoms with Crippen molar-refractivity contribution in [3.63, 3.8) is 0 Å². The first-order valence-electron chi connectivity index (χ1n) is 8.49. The molecule has 3 aromatic rings. The SMILES string of the molecule is O=C1NC(=Nc2ccc(F)c(Cl)c2)S/C1=C/c1ccc(-c2ccccc2[N+](=O)[O-])o1. The summed E-state index contributed by atoms with van der Waals surface area (Å²) >= 11 is 6.82. The van der Waals surface area contributed by atoms with Gasteiger partial charge in [0.15, 0.2) is 5.17 Å². The van der Waals surface area contributed by atoms with Crippen molar-refractivity contribution >= 4 is 51.9 Å². The lowest BCUT2D eigenvalue weighted by molar-refractivity contribution is -0.384. The van der Waals surface area contributed by atoms with E-state index in [4.69, 9.17) is 16.0 Å². The highest BCUT2D eigenvalue weighted by Crippen LogP contribution is 2.33. The molecule has 0 spiro atoms. The third-order valence-electron chi connectivity index (χ3n) is 4.05. The highest BCUT2D eigenvalue weighted by atomic mass is 35.5. The second-order valence-electron chi connectivity index (χ2n) is 6.06. The third-order valence-corrected chi connectivity index (χ3v) is 5.25. The molecule has 1 aliphatic heterocycles. The number of hydrogen-bond acceptors (Lipinski definition) is 6. The van der Waals surface area contributed by atoms with Crippen molar-refractivity contribution in [1.29, 1.82) is 0 Å². The Morgan fingerprint density at radius 2 is 2.00 bits per heavy atom. The van der Waals surface area contributed by atoms with E-state index in [1.807, 2.05) is 0 Å². The number of nitrogens with one attached hydrogen (secondary N) is 1. The standard InChI is InChI=1S/C20H11ClFN3O4S/c21-14-9-11(5-7-15(14)22)23-20-24-19(26)18(30-20)10-12-6-8-17(29-12)13-3-1-2-4-16(13)25(27)28/h1-10H,(H,23,24,26)/b18-10+. The fraction of sp³-hybridized carbons (Fsp3) is 0. The average Bonchev–Trinajstić information content (AvgIpc) is 3.31. The molecule has 1 amide bonds. The minimum Gasteiger partial charge on any atom is -0.456 e. The lowest BCUT2D eigenvalue weighted by Gasteiger charge is -1.98. The maximum Gasteiger partial charge on any atom is 0.280 e. The molecule has 2 aromatic carbocycles. The molecule has 2 heterocycles. The Labute approximate surface area is 178 Å². The number of nitrogens with zero attached hydrogens (tertiary/aromatic N) is 2. The Bertz CT molecular complexity index is 1240. The number of benzene rings is 2. The van der Waals surface area contributed by atoms with Crippen LogP contribution in [0.2, 0.25) is 5.02 Å². The third kappa shape index (κ3) is 4.12. The lowest BCUT2D eigenvalue weighted by Crippen LogP contribution is -2.19. The van der Waals surface area contributed by atoms with Crippen LogP contribution >= 0.6 is 23.4 Å². The molecule has 30 heavy (non-hydrogen) atoms. The molecule has 1 aliphatic rings. The van der Waals surface area contributed by atoms with Crippen molar-refractivity contribution in [2.75, 3.05) is 0 Å². The zero-order valence-corrected chi connectivity index (χ0v) is 16.5. The summed E-state index contributed by atoms with van der Waals surface area (Å²) in [4.78, 5) is 27.5. The van der Waals surface area contributed by atoms with Crippen LogP contribution < -0.4 is 5.32 Å². The fourth-order valence-electron chi connectivity index (χ4n) is 2.70. The van der Waals surface area contributed by atoms with E-state index in [-0.39, 0.29) is 16.6 Å². The number of amidine groups is 1. The maximum atomic E-state index is 13.3. The summed E-state index contributed by atoms with van der Waals surface area (Å²) < 4.78 is 18.9. The first kappa shape index (κ1) is 19.9. The molecule has 0 bridgehead atoms. The number of carbonyl (C=O) groups excluding carboxylic acids is 1. The Kier molecular flexibility index (Phi) is 5.39. The van der Waals surface area contributed by atoms with Crippen LogP contribution in [0.4, 0.5) is 15.8 Å². The molecular formula is C20H11ClFN3O4S. The Morgan fingerprint density at radius 1 is 1.20 bits per heavy atom. The zero-order valence-electron chi connectivity index (χ0n) is 15.0. The van der Waals surface area contributed by atoms with E-state index in [1.54, 1.807) is 30.3 Å². The van der Waals surface area contributed by atoms with Crippen LogP contribution in [0.5, 0.6) is 0 Å². The number of thioether (sulfide) groups is 1. The van der Waals surface area contributed by atoms with E-state index in [1.165, 1.54) is 30.3 Å². The van der Waals surface area contributed by atoms with Gasteiger partial charge in [-0.2, -0.15) is 0 Å². The molecule has 0 aliphatic carbocycles. The Balaban J connectivity index is 1.58. The van der Waals surface area contributed by atoms with Crippen molar-refractivity contribution in [3.05, 3.63) is 86.2 Å². The summed E-state index contributed by atoms with van der Waals surface area (Å²) in [7, 11) is 0. The Morgan fingerprint density at radius 3 is 2.77 bits per heavy atom. The topological polar surface area (TPSA) is 97.7 Å². The van der Waals surface area contributed by atoms with E-state index >= 15 is 0 Å². The summed E-state index contributed by atoms with van der Waals surface area (Å²) in [5.74, 6) is -0.272. The molecule has 1 N–H and O–H groups in total. The lowest BCUT2D eigenvalue weighted by atomic mass is 10.1. The Hall–Kier alpha value is -3.43. The smallest absolute Gasteiger partial charge is 0.280 e. The summed E-state index contributed by atoms with van der Waals surface area (Å²) in [6, 6.07) is 13.4. The van der Waals surface area contributed by atoms with Crippen molar-refractivity contribution in [2.24, 2.45) is 4.99 Å². The van der Waals surface area contributed by atoms with Gasteiger partial charge in [0, 0.05) is 12.1 Å². The first-order chi connectivity index (χ1) is 14.4. The summed E-state index contributed by atoms with van der Waals surface area (Å²) in [6.07, 6.45) is 1.51. The predicted octanol–water partition coefficient (Wildman–Crippen LogP) is 5.54. The number of amides is 1. The molecular weight excluding hydrogens is 433 g/mol. The van der Waals surface area contributed by atoms with Gasteiger partial charge in [0.25, 0.3) is 11.6 Å². The number of aliphatic imine (C=N–C) groups is 1. The molecule has 1 aromatic heterocycles. The van der Waals surface area contributed by atoms with Crippen LogP contribution in [0.3, 0.4) is 0 Å². The highest BCUT2D eigenvalue weighted by Gasteiger charge is 2.25. The van der Waals surface area contributed by atoms with E-state index in [0.29, 0.717) is 32.8 Å². The molecule has 4 rings (SSSR count). The van der Waals surface area contributed by atoms with Crippen molar-refractivity contribution in [1.82, 2.24) is 5.32 Å². The van der Waals surface area contributed by atoms with Crippen molar-refractivity contribution in [3.8, 4) is 11.3 Å². The van der Waals surface area contributed by atoms with Gasteiger partial charge in [-0.05, 0) is 48.2 Å². The maximum absolute atomic E-state index is 13.3. The molecule has 0 atom stereocenters. The normalized spacial score (nSPS) is 16.3. The number of furan rings is 1. The quantitative estimate of drug-likeness (QED) is 0.324. The van der Waals surface area contributed by atoms with E-state index < -0.39 is 10.7 Å². The van der Waals surface area contributed by atoms with E-state index in [0.717, 1.165) is 11.8 Å². The number of rotatable bonds is 4. The molecule has 7 nitrogen and oxygen atoms in total. The monoisotopic (exact) mass is 443 g/mol. The van der Waals surface area contributed by atoms with Crippen LogP contribution in [-0.4, -0.2) is 16.0 Å². The molecule has 1 fully saturated rings. The van der Waals surface area contributed by atoms with E-state index in [2.05, 4.69) is 10.3 Å². The fourth-order valence-corrected chi connectivity index (χ4v) is 3.69. The van der Waals surface area contributed by atoms with Gasteiger partial charge in [0.2, 0.25) is 0 Å². The molecule has 1 saturated heterocycles. The second kappa shape index (κ2) is 8.13. The largest absolute Gasteiger partial charge is 0.456 e. The minimum absolute atomic E-state index is 0.0694. The molecule has 0 radical (unpaired) electrons. The van der Waals surface area contributed by atoms with Gasteiger partial charge in [0.1, 0.15) is 17.3 Å². The number of nitro benzene ring substituents is 1. The highest BCUT2D eigenvalue weighted by molar-refractivity contribution is 8.18. The summed E-state index contributed by atoms with van der Waals surface area (Å²) in [5.41, 5.74) is 0.652. The van der Waals surface area contributed by atoms with Crippen molar-refractivity contribution in [2.45, 2.75) is 0 Å². The van der Waals surface area contributed by atoms with E-state index in [9.17, 15) is 19.3 Å². The van der Waals surface area contributed by atoms with Crippen molar-refractivity contribution < 1.29 is 18.5 Å². The van der Waals surface area contributed by atoms with Gasteiger partial charge in [0.05, 0.1) is 26.1 Å². The number of halogens is 2. The molecule has 150 valence electrons. The van der Waals surface area contributed by atoms with Gasteiger partial charge >= 0.3 is 0 Å². The van der Waals surface area contributed by atoms with Crippen LogP contribution in [0, 0.1) is 15.9 Å². The first-order valence-corrected chi connectivity index (χ1v) is 9.68. The predicted molar refractivity (Wildman–Crippen MR) is 113 cm³/mol. The molecule has 0 unspecified atom stereocenters. The number of nitro groups is 1. The van der Waals surface area contributed by atoms with Gasteiger partial charge < -0.3 is 9.73 Å². The summed E-state index contributed by atoms with van der Waals surface area (Å²) in [5, 5.41) is 14.0. The summed E-state index contributed by atoms with van der Waals surface area (Å²) in [6.45, 7) is 0. The van der Waals surface area contributed by atoms with Gasteiger partial charge in [-0.1, -0.05) is 23.7 Å². The minimum atomic E-state index is -0.559.